The van der Waals surface area contributed by atoms with Gasteiger partial charge in [0.15, 0.2) is 17.5 Å². The van der Waals surface area contributed by atoms with Crippen LogP contribution in [0, 0.1) is 0 Å². The minimum atomic E-state index is 0. The molecule has 0 spiro atoms. The predicted octanol–water partition coefficient (Wildman–Crippen LogP) is 3.87. The van der Waals surface area contributed by atoms with Crippen molar-refractivity contribution in [1.29, 1.82) is 0 Å². The molecule has 0 unspecified atom stereocenters. The van der Waals surface area contributed by atoms with Gasteiger partial charge >= 0.3 is 0 Å². The van der Waals surface area contributed by atoms with Gasteiger partial charge in [0, 0.05) is 25.7 Å². The van der Waals surface area contributed by atoms with Gasteiger partial charge in [0.05, 0.1) is 6.10 Å². The largest absolute Gasteiger partial charge is 0.490 e. The maximum atomic E-state index is 6.10. The summed E-state index contributed by atoms with van der Waals surface area (Å²) in [5.74, 6) is 3.38. The van der Waals surface area contributed by atoms with E-state index >= 15 is 0 Å². The van der Waals surface area contributed by atoms with Gasteiger partial charge in [0.2, 0.25) is 6.79 Å². The molecule has 0 bridgehead atoms. The van der Waals surface area contributed by atoms with Crippen LogP contribution in [0.3, 0.4) is 0 Å². The third kappa shape index (κ3) is 5.68. The van der Waals surface area contributed by atoms with Crippen molar-refractivity contribution in [3.05, 3.63) is 53.6 Å². The third-order valence-electron chi connectivity index (χ3n) is 5.13. The summed E-state index contributed by atoms with van der Waals surface area (Å²) in [6, 6.07) is 14.3. The molecule has 2 aliphatic rings. The first-order valence-corrected chi connectivity index (χ1v) is 9.89. The van der Waals surface area contributed by atoms with Crippen molar-refractivity contribution in [2.75, 3.05) is 20.4 Å². The van der Waals surface area contributed by atoms with Gasteiger partial charge in [-0.1, -0.05) is 24.3 Å². The molecule has 2 aromatic rings. The Labute approximate surface area is 189 Å². The SMILES string of the molecule is CN=C(NCCc1ccc2c(c1)OCO2)NCc1ccccc1OC1CCC1.I. The molecule has 29 heavy (non-hydrogen) atoms. The van der Waals surface area contributed by atoms with E-state index in [9.17, 15) is 0 Å². The van der Waals surface area contributed by atoms with Crippen molar-refractivity contribution in [1.82, 2.24) is 10.6 Å². The van der Waals surface area contributed by atoms with Crippen LogP contribution in [-0.2, 0) is 13.0 Å². The molecule has 4 rings (SSSR count). The molecule has 7 heteroatoms. The van der Waals surface area contributed by atoms with Crippen LogP contribution < -0.4 is 24.8 Å². The van der Waals surface area contributed by atoms with Gasteiger partial charge in [-0.3, -0.25) is 4.99 Å². The molecule has 0 radical (unpaired) electrons. The van der Waals surface area contributed by atoms with Crippen LogP contribution in [0.5, 0.6) is 17.2 Å². The van der Waals surface area contributed by atoms with Crippen molar-refractivity contribution in [3.8, 4) is 17.2 Å². The first-order valence-electron chi connectivity index (χ1n) is 9.89. The topological polar surface area (TPSA) is 64.1 Å². The van der Waals surface area contributed by atoms with E-state index < -0.39 is 0 Å². The number of nitrogens with one attached hydrogen (secondary N) is 2. The number of ether oxygens (including phenoxy) is 3. The molecule has 0 amide bonds. The number of hydrogen-bond donors (Lipinski definition) is 2. The molecule has 1 aliphatic heterocycles. The molecule has 156 valence electrons. The Hall–Kier alpha value is -2.16. The zero-order chi connectivity index (χ0) is 19.2. The molecule has 0 aromatic heterocycles. The summed E-state index contributed by atoms with van der Waals surface area (Å²) in [5, 5.41) is 6.74. The lowest BCUT2D eigenvalue weighted by atomic mass is 9.96. The normalized spacial score (nSPS) is 15.3. The van der Waals surface area contributed by atoms with Crippen LogP contribution in [0.4, 0.5) is 0 Å². The fourth-order valence-corrected chi connectivity index (χ4v) is 3.25. The molecule has 1 aliphatic carbocycles. The highest BCUT2D eigenvalue weighted by Gasteiger charge is 2.20. The van der Waals surface area contributed by atoms with Gasteiger partial charge in [0.25, 0.3) is 0 Å². The highest BCUT2D eigenvalue weighted by atomic mass is 127. The summed E-state index contributed by atoms with van der Waals surface area (Å²) in [7, 11) is 1.78. The number of halogens is 1. The summed E-state index contributed by atoms with van der Waals surface area (Å²) in [4.78, 5) is 4.32. The van der Waals surface area contributed by atoms with E-state index in [0.29, 0.717) is 19.4 Å². The zero-order valence-electron chi connectivity index (χ0n) is 16.6. The fraction of sp³-hybridized carbons (Fsp3) is 0.409. The van der Waals surface area contributed by atoms with Crippen LogP contribution in [0.25, 0.3) is 0 Å². The number of fused-ring (bicyclic) bond motifs is 1. The first-order chi connectivity index (χ1) is 13.8. The Kier molecular flexibility index (Phi) is 7.85. The van der Waals surface area contributed by atoms with E-state index in [2.05, 4.69) is 27.8 Å². The third-order valence-corrected chi connectivity index (χ3v) is 5.13. The molecule has 0 atom stereocenters. The predicted molar refractivity (Wildman–Crippen MR) is 125 cm³/mol. The molecule has 1 heterocycles. The Morgan fingerprint density at radius 2 is 1.93 bits per heavy atom. The summed E-state index contributed by atoms with van der Waals surface area (Å²) in [6.45, 7) is 1.76. The fourth-order valence-electron chi connectivity index (χ4n) is 3.25. The van der Waals surface area contributed by atoms with Crippen LogP contribution in [0.2, 0.25) is 0 Å². The lowest BCUT2D eigenvalue weighted by molar-refractivity contribution is 0.119. The van der Waals surface area contributed by atoms with Gasteiger partial charge in [-0.15, -0.1) is 24.0 Å². The maximum absolute atomic E-state index is 6.10. The molecular weight excluding hydrogens is 481 g/mol. The van der Waals surface area contributed by atoms with Crippen molar-refractivity contribution >= 4 is 29.9 Å². The summed E-state index contributed by atoms with van der Waals surface area (Å²) >= 11 is 0. The van der Waals surface area contributed by atoms with Gasteiger partial charge < -0.3 is 24.8 Å². The van der Waals surface area contributed by atoms with Crippen LogP contribution >= 0.6 is 24.0 Å². The van der Waals surface area contributed by atoms with Crippen molar-refractivity contribution < 1.29 is 14.2 Å². The van der Waals surface area contributed by atoms with Gasteiger partial charge in [-0.05, 0) is 49.4 Å². The number of benzene rings is 2. The summed E-state index contributed by atoms with van der Waals surface area (Å²) < 4.78 is 16.9. The Bertz CT molecular complexity index is 840. The number of hydrogen-bond acceptors (Lipinski definition) is 4. The number of rotatable bonds is 7. The van der Waals surface area contributed by atoms with E-state index in [-0.39, 0.29) is 24.0 Å². The Morgan fingerprint density at radius 1 is 1.10 bits per heavy atom. The summed E-state index contributed by atoms with van der Waals surface area (Å²) in [6.07, 6.45) is 4.83. The molecule has 0 saturated heterocycles. The second kappa shape index (κ2) is 10.6. The molecule has 2 N–H and O–H groups in total. The lowest BCUT2D eigenvalue weighted by Gasteiger charge is -2.27. The lowest BCUT2D eigenvalue weighted by Crippen LogP contribution is -2.38. The number of aliphatic imine (C=N–C) groups is 1. The average Bonchev–Trinajstić information content (AvgIpc) is 3.16. The van der Waals surface area contributed by atoms with Crippen molar-refractivity contribution in [2.45, 2.75) is 38.3 Å². The van der Waals surface area contributed by atoms with E-state index in [1.54, 1.807) is 7.05 Å². The van der Waals surface area contributed by atoms with Crippen molar-refractivity contribution in [3.63, 3.8) is 0 Å². The Balaban J connectivity index is 0.00000240. The Morgan fingerprint density at radius 3 is 2.72 bits per heavy atom. The van der Waals surface area contributed by atoms with Gasteiger partial charge in [-0.25, -0.2) is 0 Å². The minimum Gasteiger partial charge on any atom is -0.490 e. The van der Waals surface area contributed by atoms with Crippen LogP contribution in [-0.4, -0.2) is 32.4 Å². The zero-order valence-corrected chi connectivity index (χ0v) is 19.0. The molecular formula is C22H28IN3O3. The average molecular weight is 509 g/mol. The number of nitrogens with zero attached hydrogens (tertiary/aromatic N) is 1. The smallest absolute Gasteiger partial charge is 0.231 e. The molecule has 2 aromatic carbocycles. The standard InChI is InChI=1S/C22H27N3O3.HI/c1-23-22(24-12-11-16-9-10-20-21(13-16)27-15-26-20)25-14-17-5-2-3-8-19(17)28-18-6-4-7-18;/h2-3,5,8-10,13,18H,4,6-7,11-12,14-15H2,1H3,(H2,23,24,25);1H. The minimum absolute atomic E-state index is 0. The highest BCUT2D eigenvalue weighted by molar-refractivity contribution is 14.0. The van der Waals surface area contributed by atoms with E-state index in [1.807, 2.05) is 30.3 Å². The van der Waals surface area contributed by atoms with Crippen LogP contribution in [0.15, 0.2) is 47.5 Å². The monoisotopic (exact) mass is 509 g/mol. The van der Waals surface area contributed by atoms with E-state index in [4.69, 9.17) is 14.2 Å². The molecule has 1 saturated carbocycles. The number of para-hydroxylation sites is 1. The number of guanidine groups is 1. The van der Waals surface area contributed by atoms with Gasteiger partial charge in [0.1, 0.15) is 5.75 Å². The van der Waals surface area contributed by atoms with Gasteiger partial charge in [-0.2, -0.15) is 0 Å². The molecule has 1 fully saturated rings. The van der Waals surface area contributed by atoms with E-state index in [1.165, 1.54) is 12.0 Å². The first kappa shape index (κ1) is 21.5. The second-order valence-corrected chi connectivity index (χ2v) is 7.07. The molecule has 6 nitrogen and oxygen atoms in total. The quantitative estimate of drug-likeness (QED) is 0.337. The highest BCUT2D eigenvalue weighted by Crippen LogP contribution is 2.32. The summed E-state index contributed by atoms with van der Waals surface area (Å²) in [5.41, 5.74) is 2.35. The van der Waals surface area contributed by atoms with Crippen molar-refractivity contribution in [2.24, 2.45) is 4.99 Å². The second-order valence-electron chi connectivity index (χ2n) is 7.07. The maximum Gasteiger partial charge on any atom is 0.231 e. The van der Waals surface area contributed by atoms with E-state index in [0.717, 1.165) is 54.6 Å². The van der Waals surface area contributed by atoms with Crippen LogP contribution in [0.1, 0.15) is 30.4 Å².